The van der Waals surface area contributed by atoms with Crippen LogP contribution in [0.1, 0.15) is 18.2 Å². The number of hydrogen-bond acceptors (Lipinski definition) is 4. The van der Waals surface area contributed by atoms with Gasteiger partial charge in [0.25, 0.3) is 0 Å². The van der Waals surface area contributed by atoms with E-state index in [2.05, 4.69) is 23.8 Å². The highest BCUT2D eigenvalue weighted by Gasteiger charge is 2.28. The summed E-state index contributed by atoms with van der Waals surface area (Å²) in [5.74, 6) is -0.438. The first-order chi connectivity index (χ1) is 11.9. The van der Waals surface area contributed by atoms with E-state index < -0.39 is 15.8 Å². The number of rotatable bonds is 5. The molecule has 25 heavy (non-hydrogen) atoms. The molecule has 0 N–H and O–H groups in total. The topological polar surface area (TPSA) is 58.4 Å². The number of aryl methyl sites for hydroxylation is 1. The summed E-state index contributed by atoms with van der Waals surface area (Å²) in [6, 6.07) is 4.99. The van der Waals surface area contributed by atoms with Crippen LogP contribution in [0.2, 0.25) is 0 Å². The van der Waals surface area contributed by atoms with Crippen molar-refractivity contribution in [2.45, 2.75) is 31.8 Å². The van der Waals surface area contributed by atoms with Crippen LogP contribution in [0.4, 0.5) is 4.39 Å². The van der Waals surface area contributed by atoms with E-state index in [0.717, 1.165) is 18.8 Å². The SMILES string of the molecule is CCn1ncc(CN2CCN(S(=O)(=O)c3ccc(F)cc3)CC2)c1C. The normalized spacial score (nSPS) is 17.1. The highest BCUT2D eigenvalue weighted by atomic mass is 32.2. The smallest absolute Gasteiger partial charge is 0.243 e. The average Bonchev–Trinajstić information content (AvgIpc) is 2.96. The van der Waals surface area contributed by atoms with Gasteiger partial charge in [0, 0.05) is 50.5 Å². The average molecular weight is 366 g/mol. The Bertz CT molecular complexity index is 825. The van der Waals surface area contributed by atoms with Gasteiger partial charge in [-0.15, -0.1) is 0 Å². The fraction of sp³-hybridized carbons (Fsp3) is 0.471. The Morgan fingerprint density at radius 3 is 2.32 bits per heavy atom. The standard InChI is InChI=1S/C17H23FN4O2S/c1-3-22-14(2)15(12-19-22)13-20-8-10-21(11-9-20)25(23,24)17-6-4-16(18)5-7-17/h4-7,12H,3,8-11,13H2,1-2H3. The molecular weight excluding hydrogens is 343 g/mol. The molecule has 1 aliphatic heterocycles. The van der Waals surface area contributed by atoms with Crippen LogP contribution in [-0.2, 0) is 23.1 Å². The fourth-order valence-corrected chi connectivity index (χ4v) is 4.51. The van der Waals surface area contributed by atoms with Crippen molar-refractivity contribution in [3.63, 3.8) is 0 Å². The molecule has 0 unspecified atom stereocenters. The maximum absolute atomic E-state index is 13.0. The van der Waals surface area contributed by atoms with Crippen LogP contribution >= 0.6 is 0 Å². The van der Waals surface area contributed by atoms with Gasteiger partial charge in [0.05, 0.1) is 11.1 Å². The number of hydrogen-bond donors (Lipinski definition) is 0. The minimum atomic E-state index is -3.56. The molecule has 1 aliphatic rings. The van der Waals surface area contributed by atoms with Gasteiger partial charge in [-0.25, -0.2) is 12.8 Å². The van der Waals surface area contributed by atoms with E-state index in [1.165, 1.54) is 34.1 Å². The van der Waals surface area contributed by atoms with Crippen molar-refractivity contribution in [3.8, 4) is 0 Å². The Morgan fingerprint density at radius 2 is 1.76 bits per heavy atom. The van der Waals surface area contributed by atoms with E-state index in [1.54, 1.807) is 0 Å². The lowest BCUT2D eigenvalue weighted by Crippen LogP contribution is -2.48. The summed E-state index contributed by atoms with van der Waals surface area (Å²) < 4.78 is 41.7. The van der Waals surface area contributed by atoms with Crippen LogP contribution in [0.5, 0.6) is 0 Å². The summed E-state index contributed by atoms with van der Waals surface area (Å²) in [6.07, 6.45) is 1.89. The Labute approximate surface area is 147 Å². The predicted octanol–water partition coefficient (Wildman–Crippen LogP) is 1.86. The summed E-state index contributed by atoms with van der Waals surface area (Å²) in [4.78, 5) is 2.38. The van der Waals surface area contributed by atoms with E-state index in [-0.39, 0.29) is 4.90 Å². The third kappa shape index (κ3) is 3.75. The Hall–Kier alpha value is -1.77. The Kier molecular flexibility index (Phi) is 5.21. The van der Waals surface area contributed by atoms with Gasteiger partial charge in [0.15, 0.2) is 0 Å². The molecule has 2 heterocycles. The highest BCUT2D eigenvalue weighted by molar-refractivity contribution is 7.89. The lowest BCUT2D eigenvalue weighted by molar-refractivity contribution is 0.181. The molecule has 1 aromatic heterocycles. The van der Waals surface area contributed by atoms with Gasteiger partial charge in [0.1, 0.15) is 5.82 Å². The second-order valence-corrected chi connectivity index (χ2v) is 8.14. The molecule has 3 rings (SSSR count). The van der Waals surface area contributed by atoms with Crippen molar-refractivity contribution in [2.24, 2.45) is 0 Å². The molecule has 0 amide bonds. The maximum atomic E-state index is 13.0. The van der Waals surface area contributed by atoms with Gasteiger partial charge in [-0.3, -0.25) is 9.58 Å². The Balaban J connectivity index is 1.63. The largest absolute Gasteiger partial charge is 0.296 e. The zero-order valence-electron chi connectivity index (χ0n) is 14.5. The van der Waals surface area contributed by atoms with Gasteiger partial charge in [-0.05, 0) is 38.1 Å². The number of nitrogens with zero attached hydrogens (tertiary/aromatic N) is 4. The minimum Gasteiger partial charge on any atom is -0.296 e. The Morgan fingerprint density at radius 1 is 1.12 bits per heavy atom. The lowest BCUT2D eigenvalue weighted by atomic mass is 10.2. The predicted molar refractivity (Wildman–Crippen MR) is 93.1 cm³/mol. The maximum Gasteiger partial charge on any atom is 0.243 e. The summed E-state index contributed by atoms with van der Waals surface area (Å²) >= 11 is 0. The van der Waals surface area contributed by atoms with Gasteiger partial charge in [-0.2, -0.15) is 9.40 Å². The number of aromatic nitrogens is 2. The molecule has 0 saturated carbocycles. The molecule has 0 aliphatic carbocycles. The number of sulfonamides is 1. The third-order valence-electron chi connectivity index (χ3n) is 4.68. The molecule has 136 valence electrons. The quantitative estimate of drug-likeness (QED) is 0.810. The summed E-state index contributed by atoms with van der Waals surface area (Å²) in [7, 11) is -3.56. The molecule has 0 atom stereocenters. The van der Waals surface area contributed by atoms with E-state index in [9.17, 15) is 12.8 Å². The van der Waals surface area contributed by atoms with Crippen LogP contribution < -0.4 is 0 Å². The van der Waals surface area contributed by atoms with Crippen molar-refractivity contribution in [1.82, 2.24) is 19.0 Å². The van der Waals surface area contributed by atoms with Gasteiger partial charge in [-0.1, -0.05) is 0 Å². The van der Waals surface area contributed by atoms with Crippen molar-refractivity contribution < 1.29 is 12.8 Å². The first-order valence-electron chi connectivity index (χ1n) is 8.41. The molecule has 6 nitrogen and oxygen atoms in total. The second kappa shape index (κ2) is 7.23. The van der Waals surface area contributed by atoms with Crippen LogP contribution in [-0.4, -0.2) is 53.6 Å². The fourth-order valence-electron chi connectivity index (χ4n) is 3.08. The van der Waals surface area contributed by atoms with Gasteiger partial charge >= 0.3 is 0 Å². The summed E-state index contributed by atoms with van der Waals surface area (Å²) in [5.41, 5.74) is 2.33. The lowest BCUT2D eigenvalue weighted by Gasteiger charge is -2.33. The first kappa shape index (κ1) is 18.0. The van der Waals surface area contributed by atoms with Crippen molar-refractivity contribution in [2.75, 3.05) is 26.2 Å². The zero-order valence-corrected chi connectivity index (χ0v) is 15.3. The summed E-state index contributed by atoms with van der Waals surface area (Å²) in [6.45, 7) is 7.92. The molecule has 1 aromatic carbocycles. The number of halogens is 1. The minimum absolute atomic E-state index is 0.141. The molecule has 0 radical (unpaired) electrons. The number of piperazine rings is 1. The van der Waals surface area contributed by atoms with Crippen molar-refractivity contribution in [3.05, 3.63) is 47.5 Å². The van der Waals surface area contributed by atoms with E-state index in [4.69, 9.17) is 0 Å². The van der Waals surface area contributed by atoms with E-state index in [0.29, 0.717) is 26.2 Å². The molecular formula is C17H23FN4O2S. The van der Waals surface area contributed by atoms with E-state index >= 15 is 0 Å². The second-order valence-electron chi connectivity index (χ2n) is 6.21. The summed E-state index contributed by atoms with van der Waals surface area (Å²) in [5, 5.41) is 4.35. The molecule has 0 bridgehead atoms. The zero-order chi connectivity index (χ0) is 18.0. The van der Waals surface area contributed by atoms with Crippen molar-refractivity contribution in [1.29, 1.82) is 0 Å². The van der Waals surface area contributed by atoms with Crippen LogP contribution in [0.15, 0.2) is 35.4 Å². The van der Waals surface area contributed by atoms with E-state index in [1.807, 2.05) is 10.9 Å². The van der Waals surface area contributed by atoms with Crippen molar-refractivity contribution >= 4 is 10.0 Å². The van der Waals surface area contributed by atoms with Gasteiger partial charge < -0.3 is 0 Å². The molecule has 1 fully saturated rings. The first-order valence-corrected chi connectivity index (χ1v) is 9.85. The van der Waals surface area contributed by atoms with Crippen LogP contribution in [0, 0.1) is 12.7 Å². The molecule has 0 spiro atoms. The number of benzene rings is 1. The van der Waals surface area contributed by atoms with Crippen LogP contribution in [0.25, 0.3) is 0 Å². The molecule has 8 heteroatoms. The monoisotopic (exact) mass is 366 g/mol. The molecule has 2 aromatic rings. The third-order valence-corrected chi connectivity index (χ3v) is 6.59. The van der Waals surface area contributed by atoms with Gasteiger partial charge in [0.2, 0.25) is 10.0 Å². The van der Waals surface area contributed by atoms with Crippen LogP contribution in [0.3, 0.4) is 0 Å². The highest BCUT2D eigenvalue weighted by Crippen LogP contribution is 2.19. The molecule has 1 saturated heterocycles.